The van der Waals surface area contributed by atoms with Gasteiger partial charge >= 0.3 is 5.97 Å². The van der Waals surface area contributed by atoms with Gasteiger partial charge in [-0.25, -0.2) is 9.78 Å². The first kappa shape index (κ1) is 19.3. The van der Waals surface area contributed by atoms with Crippen LogP contribution in [-0.2, 0) is 22.5 Å². The minimum atomic E-state index is -0.656. The second-order valence-corrected chi connectivity index (χ2v) is 6.21. The number of aryl methyl sites for hydroxylation is 2. The zero-order chi connectivity index (χ0) is 20.3. The van der Waals surface area contributed by atoms with E-state index in [2.05, 4.69) is 10.3 Å². The number of hydrogen-bond donors (Lipinski definition) is 1. The molecule has 0 aliphatic carbocycles. The summed E-state index contributed by atoms with van der Waals surface area (Å²) in [5.74, 6) is -0.790. The second-order valence-electron chi connectivity index (χ2n) is 6.21. The van der Waals surface area contributed by atoms with Gasteiger partial charge < -0.3 is 14.5 Å². The molecule has 3 aromatic rings. The van der Waals surface area contributed by atoms with Crippen molar-refractivity contribution in [2.45, 2.75) is 33.7 Å². The molecule has 1 aromatic carbocycles. The number of rotatable bonds is 6. The summed E-state index contributed by atoms with van der Waals surface area (Å²) in [5, 5.41) is 2.77. The highest BCUT2D eigenvalue weighted by atomic mass is 16.5. The van der Waals surface area contributed by atoms with Crippen LogP contribution in [0.1, 0.15) is 35.5 Å². The van der Waals surface area contributed by atoms with Gasteiger partial charge in [-0.05, 0) is 38.0 Å². The molecule has 0 radical (unpaired) electrons. The normalized spacial score (nSPS) is 10.8. The number of fused-ring (bicyclic) bond motifs is 1. The number of carbonyl (C=O) groups excluding carboxylic acids is 2. The maximum Gasteiger partial charge on any atom is 0.342 e. The van der Waals surface area contributed by atoms with Crippen molar-refractivity contribution in [2.24, 2.45) is 0 Å². The Balaban J connectivity index is 1.90. The lowest BCUT2D eigenvalue weighted by Crippen LogP contribution is -2.28. The highest BCUT2D eigenvalue weighted by Gasteiger charge is 2.24. The Morgan fingerprint density at radius 1 is 1.29 bits per heavy atom. The van der Waals surface area contributed by atoms with Gasteiger partial charge in [0.2, 0.25) is 11.6 Å². The molecule has 3 rings (SSSR count). The van der Waals surface area contributed by atoms with Gasteiger partial charge in [0.05, 0.1) is 6.61 Å². The molecule has 146 valence electrons. The van der Waals surface area contributed by atoms with Crippen LogP contribution in [0.15, 0.2) is 39.8 Å². The van der Waals surface area contributed by atoms with Crippen LogP contribution in [0.3, 0.4) is 0 Å². The number of anilines is 1. The van der Waals surface area contributed by atoms with E-state index in [0.717, 1.165) is 16.6 Å². The molecule has 0 aliphatic rings. The molecule has 0 spiro atoms. The van der Waals surface area contributed by atoms with Gasteiger partial charge in [0.25, 0.3) is 5.56 Å². The number of aromatic nitrogens is 2. The third-order valence-corrected chi connectivity index (χ3v) is 4.27. The van der Waals surface area contributed by atoms with Gasteiger partial charge in [-0.2, -0.15) is 0 Å². The Morgan fingerprint density at radius 3 is 2.79 bits per heavy atom. The maximum atomic E-state index is 12.8. The van der Waals surface area contributed by atoms with Gasteiger partial charge in [-0.15, -0.1) is 0 Å². The highest BCUT2D eigenvalue weighted by Crippen LogP contribution is 2.21. The van der Waals surface area contributed by atoms with Gasteiger partial charge in [0, 0.05) is 5.69 Å². The van der Waals surface area contributed by atoms with Crippen LogP contribution in [0.5, 0.6) is 0 Å². The van der Waals surface area contributed by atoms with E-state index in [1.165, 1.54) is 6.33 Å². The number of hydrogen-bond acceptors (Lipinski definition) is 6. The standard InChI is InChI=1S/C20H21N3O5/c1-4-13-7-6-8-14(9-13)22-15(24)10-23-11-21-18-17(19(23)25)16(12(3)28-18)20(26)27-5-2/h6-9,11H,4-5,10H2,1-3H3,(H,22,24). The van der Waals surface area contributed by atoms with Crippen molar-refractivity contribution in [1.82, 2.24) is 9.55 Å². The van der Waals surface area contributed by atoms with Crippen molar-refractivity contribution < 1.29 is 18.7 Å². The molecule has 0 atom stereocenters. The van der Waals surface area contributed by atoms with Crippen molar-refractivity contribution in [3.05, 3.63) is 57.8 Å². The molecule has 0 unspecified atom stereocenters. The van der Waals surface area contributed by atoms with Gasteiger partial charge in [0.1, 0.15) is 29.6 Å². The van der Waals surface area contributed by atoms with Gasteiger partial charge in [0.15, 0.2) is 0 Å². The van der Waals surface area contributed by atoms with E-state index in [4.69, 9.17) is 9.15 Å². The number of esters is 1. The average Bonchev–Trinajstić information content (AvgIpc) is 3.01. The Morgan fingerprint density at radius 2 is 2.07 bits per heavy atom. The summed E-state index contributed by atoms with van der Waals surface area (Å²) in [7, 11) is 0. The van der Waals surface area contributed by atoms with Crippen molar-refractivity contribution in [3.63, 3.8) is 0 Å². The summed E-state index contributed by atoms with van der Waals surface area (Å²) < 4.78 is 11.5. The van der Waals surface area contributed by atoms with Crippen LogP contribution in [-0.4, -0.2) is 28.0 Å². The molecule has 1 amide bonds. The van der Waals surface area contributed by atoms with E-state index in [1.54, 1.807) is 19.9 Å². The summed E-state index contributed by atoms with van der Waals surface area (Å²) in [6.07, 6.45) is 2.07. The number of amides is 1. The molecule has 8 heteroatoms. The SMILES string of the molecule is CCOC(=O)c1c(C)oc2ncn(CC(=O)Nc3cccc(CC)c3)c(=O)c12. The molecule has 2 heterocycles. The Hall–Kier alpha value is -3.42. The smallest absolute Gasteiger partial charge is 0.342 e. The van der Waals surface area contributed by atoms with E-state index in [9.17, 15) is 14.4 Å². The molecule has 8 nitrogen and oxygen atoms in total. The summed E-state index contributed by atoms with van der Waals surface area (Å²) in [6, 6.07) is 7.48. The lowest BCUT2D eigenvalue weighted by Gasteiger charge is -2.08. The van der Waals surface area contributed by atoms with E-state index in [1.807, 2.05) is 25.1 Å². The Kier molecular flexibility index (Phi) is 5.58. The molecule has 2 aromatic heterocycles. The van der Waals surface area contributed by atoms with Crippen molar-refractivity contribution in [1.29, 1.82) is 0 Å². The lowest BCUT2D eigenvalue weighted by molar-refractivity contribution is -0.116. The number of furan rings is 1. The third-order valence-electron chi connectivity index (χ3n) is 4.27. The lowest BCUT2D eigenvalue weighted by atomic mass is 10.1. The molecule has 0 fully saturated rings. The fourth-order valence-corrected chi connectivity index (χ4v) is 2.92. The number of ether oxygens (including phenoxy) is 1. The number of carbonyl (C=O) groups is 2. The zero-order valence-corrected chi connectivity index (χ0v) is 15.9. The number of benzene rings is 1. The van der Waals surface area contributed by atoms with E-state index >= 15 is 0 Å². The van der Waals surface area contributed by atoms with E-state index in [-0.39, 0.29) is 41.5 Å². The number of nitrogens with one attached hydrogen (secondary N) is 1. The van der Waals surface area contributed by atoms with E-state index < -0.39 is 11.5 Å². The van der Waals surface area contributed by atoms with Crippen LogP contribution in [0.2, 0.25) is 0 Å². The summed E-state index contributed by atoms with van der Waals surface area (Å²) in [6.45, 7) is 5.17. The van der Waals surface area contributed by atoms with Crippen LogP contribution >= 0.6 is 0 Å². The zero-order valence-electron chi connectivity index (χ0n) is 15.9. The summed E-state index contributed by atoms with van der Waals surface area (Å²) >= 11 is 0. The molecule has 0 bridgehead atoms. The van der Waals surface area contributed by atoms with E-state index in [0.29, 0.717) is 5.69 Å². The first-order valence-corrected chi connectivity index (χ1v) is 8.99. The molecular formula is C20H21N3O5. The van der Waals surface area contributed by atoms with Crippen LogP contribution in [0, 0.1) is 6.92 Å². The number of nitrogens with zero attached hydrogens (tertiary/aromatic N) is 2. The predicted molar refractivity (Wildman–Crippen MR) is 103 cm³/mol. The second kappa shape index (κ2) is 8.08. The van der Waals surface area contributed by atoms with Gasteiger partial charge in [-0.1, -0.05) is 19.1 Å². The predicted octanol–water partition coefficient (Wildman–Crippen LogP) is 2.68. The minimum absolute atomic E-state index is 0.0132. The quantitative estimate of drug-likeness (QED) is 0.657. The molecule has 0 saturated heterocycles. The van der Waals surface area contributed by atoms with Crippen LogP contribution in [0.25, 0.3) is 11.1 Å². The van der Waals surface area contributed by atoms with Crippen LogP contribution in [0.4, 0.5) is 5.69 Å². The fraction of sp³-hybridized carbons (Fsp3) is 0.300. The molecule has 28 heavy (non-hydrogen) atoms. The van der Waals surface area contributed by atoms with Crippen molar-refractivity contribution in [3.8, 4) is 0 Å². The molecule has 0 aliphatic heterocycles. The average molecular weight is 383 g/mol. The first-order chi connectivity index (χ1) is 13.4. The Bertz CT molecular complexity index is 1100. The van der Waals surface area contributed by atoms with Crippen molar-refractivity contribution in [2.75, 3.05) is 11.9 Å². The minimum Gasteiger partial charge on any atom is -0.462 e. The fourth-order valence-electron chi connectivity index (χ4n) is 2.92. The molecular weight excluding hydrogens is 362 g/mol. The Labute approximate surface area is 161 Å². The first-order valence-electron chi connectivity index (χ1n) is 8.99. The summed E-state index contributed by atoms with van der Waals surface area (Å²) in [5.41, 5.74) is 1.28. The monoisotopic (exact) mass is 383 g/mol. The van der Waals surface area contributed by atoms with Crippen LogP contribution < -0.4 is 10.9 Å². The highest BCUT2D eigenvalue weighted by molar-refractivity contribution is 6.03. The largest absolute Gasteiger partial charge is 0.462 e. The third kappa shape index (κ3) is 3.80. The van der Waals surface area contributed by atoms with Gasteiger partial charge in [-0.3, -0.25) is 14.2 Å². The maximum absolute atomic E-state index is 12.8. The van der Waals surface area contributed by atoms with Crippen molar-refractivity contribution >= 4 is 28.7 Å². The molecule has 0 saturated carbocycles. The topological polar surface area (TPSA) is 103 Å². The summed E-state index contributed by atoms with van der Waals surface area (Å²) in [4.78, 5) is 41.5. The molecule has 1 N–H and O–H groups in total.